The minimum Gasteiger partial charge on any atom is -0.507 e. The molecular formula is C28H36O5. The zero-order valence-corrected chi connectivity index (χ0v) is 19.9. The van der Waals surface area contributed by atoms with E-state index < -0.39 is 0 Å². The molecule has 178 valence electrons. The van der Waals surface area contributed by atoms with Crippen molar-refractivity contribution in [1.29, 1.82) is 0 Å². The predicted octanol–water partition coefficient (Wildman–Crippen LogP) is 5.99. The summed E-state index contributed by atoms with van der Waals surface area (Å²) in [5.41, 5.74) is 3.66. The van der Waals surface area contributed by atoms with Gasteiger partial charge in [0.05, 0.1) is 31.5 Å². The number of carbonyl (C=O) groups excluding carboxylic acids is 1. The molecule has 1 saturated heterocycles. The molecule has 1 heterocycles. The van der Waals surface area contributed by atoms with Crippen LogP contribution in [0.2, 0.25) is 0 Å². The van der Waals surface area contributed by atoms with E-state index >= 15 is 0 Å². The third-order valence-corrected chi connectivity index (χ3v) is 6.68. The maximum absolute atomic E-state index is 11.8. The van der Waals surface area contributed by atoms with Crippen LogP contribution in [0.1, 0.15) is 85.3 Å². The molecule has 2 aliphatic rings. The lowest BCUT2D eigenvalue weighted by Crippen LogP contribution is -2.10. The molecule has 1 atom stereocenters. The smallest absolute Gasteiger partial charge is 0.163 e. The zero-order valence-electron chi connectivity index (χ0n) is 19.9. The van der Waals surface area contributed by atoms with E-state index in [9.17, 15) is 9.90 Å². The molecule has 1 saturated carbocycles. The van der Waals surface area contributed by atoms with Crippen molar-refractivity contribution < 1.29 is 24.1 Å². The number of epoxide rings is 1. The van der Waals surface area contributed by atoms with Crippen molar-refractivity contribution in [2.75, 3.05) is 19.8 Å². The van der Waals surface area contributed by atoms with Gasteiger partial charge < -0.3 is 19.3 Å². The van der Waals surface area contributed by atoms with Crippen molar-refractivity contribution in [2.24, 2.45) is 0 Å². The molecule has 1 unspecified atom stereocenters. The standard InChI is InChI=1S/C28H36O5/c1-3-8-25-26(14-13-23(19(2)29)27(25)30)31-15-7-16-32-28-21(17-22-18-33-22)11-6-12-24(28)20-9-4-5-10-20/h6,11-14,20,22,30H,3-5,7-10,15-18H2,1-2H3. The second-order valence-corrected chi connectivity index (χ2v) is 9.27. The molecule has 0 bridgehead atoms. The normalized spacial score (nSPS) is 17.8. The Labute approximate surface area is 197 Å². The van der Waals surface area contributed by atoms with E-state index in [1.807, 2.05) is 6.92 Å². The molecule has 1 N–H and O–H groups in total. The van der Waals surface area contributed by atoms with Crippen LogP contribution in [-0.4, -0.2) is 36.8 Å². The van der Waals surface area contributed by atoms with Crippen LogP contribution in [0, 0.1) is 0 Å². The molecule has 33 heavy (non-hydrogen) atoms. The number of hydrogen-bond acceptors (Lipinski definition) is 5. The Morgan fingerprint density at radius 1 is 1.12 bits per heavy atom. The molecule has 5 heteroatoms. The lowest BCUT2D eigenvalue weighted by molar-refractivity contribution is 0.101. The summed E-state index contributed by atoms with van der Waals surface area (Å²) in [4.78, 5) is 11.8. The third-order valence-electron chi connectivity index (χ3n) is 6.68. The topological polar surface area (TPSA) is 68.3 Å². The van der Waals surface area contributed by atoms with Gasteiger partial charge in [-0.05, 0) is 55.4 Å². The Hall–Kier alpha value is -2.53. The lowest BCUT2D eigenvalue weighted by atomic mass is 9.93. The number of hydrogen-bond donors (Lipinski definition) is 1. The van der Waals surface area contributed by atoms with Crippen molar-refractivity contribution in [1.82, 2.24) is 0 Å². The summed E-state index contributed by atoms with van der Waals surface area (Å²) in [6.07, 6.45) is 8.57. The molecule has 0 radical (unpaired) electrons. The average Bonchev–Trinajstić information content (AvgIpc) is 3.44. The lowest BCUT2D eigenvalue weighted by Gasteiger charge is -2.20. The van der Waals surface area contributed by atoms with E-state index in [4.69, 9.17) is 14.2 Å². The first-order valence-electron chi connectivity index (χ1n) is 12.4. The van der Waals surface area contributed by atoms with Crippen LogP contribution >= 0.6 is 0 Å². The van der Waals surface area contributed by atoms with Crippen LogP contribution in [0.15, 0.2) is 30.3 Å². The van der Waals surface area contributed by atoms with Gasteiger partial charge in [0.25, 0.3) is 0 Å². The van der Waals surface area contributed by atoms with Crippen LogP contribution in [0.25, 0.3) is 0 Å². The summed E-state index contributed by atoms with van der Waals surface area (Å²) < 4.78 is 17.8. The predicted molar refractivity (Wildman–Crippen MR) is 129 cm³/mol. The van der Waals surface area contributed by atoms with Gasteiger partial charge in [0.15, 0.2) is 5.78 Å². The van der Waals surface area contributed by atoms with E-state index in [1.165, 1.54) is 43.7 Å². The number of ketones is 1. The van der Waals surface area contributed by atoms with Gasteiger partial charge in [-0.3, -0.25) is 4.79 Å². The van der Waals surface area contributed by atoms with Crippen LogP contribution in [-0.2, 0) is 17.6 Å². The van der Waals surface area contributed by atoms with Crippen LogP contribution in [0.5, 0.6) is 17.2 Å². The molecule has 0 spiro atoms. The minimum absolute atomic E-state index is 0.0514. The second kappa shape index (κ2) is 11.1. The number of carbonyl (C=O) groups is 1. The highest BCUT2D eigenvalue weighted by atomic mass is 16.6. The van der Waals surface area contributed by atoms with E-state index in [0.717, 1.165) is 31.6 Å². The minimum atomic E-state index is -0.141. The van der Waals surface area contributed by atoms with Gasteiger partial charge in [-0.25, -0.2) is 0 Å². The number of phenolic OH excluding ortho intramolecular Hbond substituents is 1. The molecule has 0 aromatic heterocycles. The van der Waals surface area contributed by atoms with Gasteiger partial charge in [-0.1, -0.05) is 44.4 Å². The molecule has 2 aromatic carbocycles. The number of phenols is 1. The zero-order chi connectivity index (χ0) is 23.2. The molecule has 1 aliphatic carbocycles. The average molecular weight is 453 g/mol. The van der Waals surface area contributed by atoms with E-state index in [2.05, 4.69) is 18.2 Å². The van der Waals surface area contributed by atoms with Gasteiger partial charge in [-0.15, -0.1) is 0 Å². The largest absolute Gasteiger partial charge is 0.507 e. The second-order valence-electron chi connectivity index (χ2n) is 9.27. The Kier molecular flexibility index (Phi) is 7.92. The number of aromatic hydroxyl groups is 1. The van der Waals surface area contributed by atoms with Crippen LogP contribution < -0.4 is 9.47 Å². The van der Waals surface area contributed by atoms with Gasteiger partial charge in [0, 0.05) is 18.4 Å². The monoisotopic (exact) mass is 452 g/mol. The van der Waals surface area contributed by atoms with E-state index in [-0.39, 0.29) is 11.5 Å². The molecule has 1 aliphatic heterocycles. The molecule has 0 amide bonds. The van der Waals surface area contributed by atoms with Gasteiger partial charge in [0.1, 0.15) is 17.2 Å². The Balaban J connectivity index is 1.38. The summed E-state index contributed by atoms with van der Waals surface area (Å²) in [7, 11) is 0. The number of ether oxygens (including phenoxy) is 3. The fraction of sp³-hybridized carbons (Fsp3) is 0.536. The van der Waals surface area contributed by atoms with Gasteiger partial charge in [0.2, 0.25) is 0 Å². The number of rotatable bonds is 12. The first-order chi connectivity index (χ1) is 16.1. The van der Waals surface area contributed by atoms with Crippen molar-refractivity contribution in [3.05, 3.63) is 52.6 Å². The molecule has 2 fully saturated rings. The number of benzene rings is 2. The maximum atomic E-state index is 11.8. The fourth-order valence-corrected chi connectivity index (χ4v) is 4.87. The van der Waals surface area contributed by atoms with Crippen LogP contribution in [0.3, 0.4) is 0 Å². The van der Waals surface area contributed by atoms with E-state index in [1.54, 1.807) is 12.1 Å². The summed E-state index contributed by atoms with van der Waals surface area (Å²) in [5, 5.41) is 10.5. The van der Waals surface area contributed by atoms with Crippen molar-refractivity contribution in [2.45, 2.75) is 77.2 Å². The SMILES string of the molecule is CCCc1c(OCCCOc2c(CC3CO3)cccc2C2CCCC2)ccc(C(C)=O)c1O. The quantitative estimate of drug-likeness (QED) is 0.243. The number of para-hydroxylation sites is 1. The van der Waals surface area contributed by atoms with Gasteiger partial charge in [-0.2, -0.15) is 0 Å². The van der Waals surface area contributed by atoms with Gasteiger partial charge >= 0.3 is 0 Å². The summed E-state index contributed by atoms with van der Waals surface area (Å²) >= 11 is 0. The first kappa shape index (κ1) is 23.6. The highest BCUT2D eigenvalue weighted by Crippen LogP contribution is 2.41. The highest BCUT2D eigenvalue weighted by molar-refractivity contribution is 5.97. The van der Waals surface area contributed by atoms with Crippen molar-refractivity contribution >= 4 is 5.78 Å². The summed E-state index contributed by atoms with van der Waals surface area (Å²) in [5.74, 6) is 2.21. The fourth-order valence-electron chi connectivity index (χ4n) is 4.87. The Morgan fingerprint density at radius 2 is 1.88 bits per heavy atom. The third kappa shape index (κ3) is 5.89. The van der Waals surface area contributed by atoms with Crippen molar-refractivity contribution in [3.8, 4) is 17.2 Å². The molecule has 4 rings (SSSR count). The summed E-state index contributed by atoms with van der Waals surface area (Å²) in [6.45, 7) is 5.42. The van der Waals surface area contributed by atoms with Crippen molar-refractivity contribution in [3.63, 3.8) is 0 Å². The molecule has 2 aromatic rings. The Bertz CT molecular complexity index is 957. The molecular weight excluding hydrogens is 416 g/mol. The molecule has 5 nitrogen and oxygen atoms in total. The van der Waals surface area contributed by atoms with Crippen LogP contribution in [0.4, 0.5) is 0 Å². The number of Topliss-reactive ketones (excluding diaryl/α,β-unsaturated/α-hetero) is 1. The van der Waals surface area contributed by atoms with E-state index in [0.29, 0.717) is 48.5 Å². The highest BCUT2D eigenvalue weighted by Gasteiger charge is 2.27. The maximum Gasteiger partial charge on any atom is 0.163 e. The summed E-state index contributed by atoms with van der Waals surface area (Å²) in [6, 6.07) is 10.0. The Morgan fingerprint density at radius 3 is 2.58 bits per heavy atom. The first-order valence-corrected chi connectivity index (χ1v) is 12.4.